The second-order valence-corrected chi connectivity index (χ2v) is 4.84. The number of Topliss-reactive ketones (excluding diaryl/α,β-unsaturated/α-hetero) is 1. The summed E-state index contributed by atoms with van der Waals surface area (Å²) in [6, 6.07) is 0. The number of allylic oxidation sites excluding steroid dienone is 2. The number of carboxylic acid groups (broad SMARTS) is 1. The molecule has 1 aliphatic rings. The third-order valence-electron chi connectivity index (χ3n) is 2.41. The maximum absolute atomic E-state index is 11.9. The van der Waals surface area contributed by atoms with E-state index in [9.17, 15) is 14.4 Å². The van der Waals surface area contributed by atoms with Crippen molar-refractivity contribution in [3.63, 3.8) is 0 Å². The Morgan fingerprint density at radius 3 is 2.75 bits per heavy atom. The Balaban J connectivity index is 0.000000956. The lowest BCUT2D eigenvalue weighted by Gasteiger charge is -2.09. The Kier molecular flexibility index (Phi) is 6.17. The van der Waals surface area contributed by atoms with Crippen LogP contribution in [0.1, 0.15) is 47.5 Å². The van der Waals surface area contributed by atoms with Crippen molar-refractivity contribution in [3.05, 3.63) is 28.4 Å². The largest absolute Gasteiger partial charge is 0.481 e. The van der Waals surface area contributed by atoms with Gasteiger partial charge in [-0.15, -0.1) is 11.8 Å². The number of carbonyl (C=O) groups is 3. The van der Waals surface area contributed by atoms with Gasteiger partial charge in [-0.1, -0.05) is 13.8 Å². The summed E-state index contributed by atoms with van der Waals surface area (Å²) in [5, 5.41) is 14.6. The summed E-state index contributed by atoms with van der Waals surface area (Å²) in [5.41, 5.74) is 0.498. The highest BCUT2D eigenvalue weighted by atomic mass is 32.2. The maximum atomic E-state index is 11.9. The molecule has 1 heterocycles. The number of fused-ring (bicyclic) bond motifs is 1. The van der Waals surface area contributed by atoms with Gasteiger partial charge < -0.3 is 5.11 Å². The van der Waals surface area contributed by atoms with Gasteiger partial charge in [0, 0.05) is 12.5 Å². The van der Waals surface area contributed by atoms with Gasteiger partial charge in [0.05, 0.1) is 16.7 Å². The minimum Gasteiger partial charge on any atom is -0.481 e. The fraction of sp³-hybridized carbons (Fsp3) is 0.385. The third-order valence-corrected chi connectivity index (χ3v) is 3.52. The van der Waals surface area contributed by atoms with Crippen molar-refractivity contribution in [2.75, 3.05) is 5.75 Å². The first-order chi connectivity index (χ1) is 9.59. The van der Waals surface area contributed by atoms with Crippen LogP contribution >= 0.6 is 11.8 Å². The molecule has 1 aromatic heterocycles. The van der Waals surface area contributed by atoms with E-state index in [0.717, 1.165) is 0 Å². The summed E-state index contributed by atoms with van der Waals surface area (Å²) in [4.78, 5) is 34.3. The summed E-state index contributed by atoms with van der Waals surface area (Å²) >= 11 is 1.20. The van der Waals surface area contributed by atoms with E-state index in [1.54, 1.807) is 0 Å². The van der Waals surface area contributed by atoms with Crippen LogP contribution in [0.25, 0.3) is 0 Å². The number of hydrogen-bond donors (Lipinski definition) is 2. The Morgan fingerprint density at radius 2 is 2.10 bits per heavy atom. The number of carbonyl (C=O) groups excluding carboxylic acids is 2. The van der Waals surface area contributed by atoms with Gasteiger partial charge in [0.25, 0.3) is 0 Å². The maximum Gasteiger partial charge on any atom is 0.303 e. The summed E-state index contributed by atoms with van der Waals surface area (Å²) < 4.78 is 0. The molecular weight excluding hydrogens is 280 g/mol. The molecule has 0 spiro atoms. The van der Waals surface area contributed by atoms with E-state index in [4.69, 9.17) is 5.11 Å². The Labute approximate surface area is 120 Å². The van der Waals surface area contributed by atoms with Crippen LogP contribution in [0.15, 0.2) is 17.2 Å². The lowest BCUT2D eigenvalue weighted by Crippen LogP contribution is -2.14. The van der Waals surface area contributed by atoms with Gasteiger partial charge in [-0.2, -0.15) is 5.10 Å². The molecule has 0 saturated heterocycles. The van der Waals surface area contributed by atoms with E-state index in [-0.39, 0.29) is 29.2 Å². The molecule has 2 N–H and O–H groups in total. The van der Waals surface area contributed by atoms with Crippen molar-refractivity contribution in [2.45, 2.75) is 26.7 Å². The minimum absolute atomic E-state index is 0.0549. The van der Waals surface area contributed by atoms with Crippen molar-refractivity contribution < 1.29 is 19.5 Å². The number of rotatable bonds is 5. The predicted molar refractivity (Wildman–Crippen MR) is 76.0 cm³/mol. The molecule has 0 aromatic carbocycles. The van der Waals surface area contributed by atoms with Crippen molar-refractivity contribution >= 4 is 29.3 Å². The van der Waals surface area contributed by atoms with E-state index in [1.165, 1.54) is 24.0 Å². The lowest BCUT2D eigenvalue weighted by molar-refractivity contribution is -0.137. The molecule has 108 valence electrons. The molecule has 0 atom stereocenters. The number of H-pyrrole nitrogens is 1. The smallest absolute Gasteiger partial charge is 0.303 e. The highest BCUT2D eigenvalue weighted by molar-refractivity contribution is 8.04. The number of ketones is 2. The molecule has 0 radical (unpaired) electrons. The first-order valence-corrected chi connectivity index (χ1v) is 7.27. The van der Waals surface area contributed by atoms with Crippen LogP contribution in [0.2, 0.25) is 0 Å². The summed E-state index contributed by atoms with van der Waals surface area (Å²) in [7, 11) is 0. The third kappa shape index (κ3) is 3.80. The predicted octanol–water partition coefficient (Wildman–Crippen LogP) is 2.30. The van der Waals surface area contributed by atoms with Crippen LogP contribution in [-0.2, 0) is 4.79 Å². The molecule has 20 heavy (non-hydrogen) atoms. The first-order valence-electron chi connectivity index (χ1n) is 6.28. The van der Waals surface area contributed by atoms with Gasteiger partial charge in [0.2, 0.25) is 11.6 Å². The van der Waals surface area contributed by atoms with Gasteiger partial charge in [-0.3, -0.25) is 19.5 Å². The average molecular weight is 296 g/mol. The number of hydrogen-bond acceptors (Lipinski definition) is 5. The number of thioether (sulfide) groups is 1. The van der Waals surface area contributed by atoms with Gasteiger partial charge in [-0.25, -0.2) is 0 Å². The Morgan fingerprint density at radius 1 is 1.40 bits per heavy atom. The molecular formula is C13H16N2O4S. The number of nitrogens with zero attached hydrogens (tertiary/aromatic N) is 1. The number of nitrogens with one attached hydrogen (secondary N) is 1. The summed E-state index contributed by atoms with van der Waals surface area (Å²) in [6.07, 6.45) is 3.12. The fourth-order valence-electron chi connectivity index (χ4n) is 1.55. The molecule has 7 heteroatoms. The topological polar surface area (TPSA) is 100 Å². The van der Waals surface area contributed by atoms with Crippen LogP contribution in [0, 0.1) is 0 Å². The highest BCUT2D eigenvalue weighted by Gasteiger charge is 2.27. The van der Waals surface area contributed by atoms with Gasteiger partial charge >= 0.3 is 5.97 Å². The van der Waals surface area contributed by atoms with Gasteiger partial charge in [0.15, 0.2) is 0 Å². The molecule has 0 saturated carbocycles. The standard InChI is InChI=1S/C11H10N2O4S.C2H6/c14-7-4-8(18-3-1-2-9(15)16)11(17)6-5-12-13-10(6)7;1-2/h4-5H,1-3H2,(H,12,13)(H,15,16);1-2H3. The molecule has 2 rings (SSSR count). The van der Waals surface area contributed by atoms with E-state index in [0.29, 0.717) is 17.1 Å². The van der Waals surface area contributed by atoms with Gasteiger partial charge in [0.1, 0.15) is 5.69 Å². The summed E-state index contributed by atoms with van der Waals surface area (Å²) in [5.74, 6) is -0.890. The Hall–Kier alpha value is -1.89. The zero-order valence-corrected chi connectivity index (χ0v) is 12.1. The number of aliphatic carboxylic acids is 1. The van der Waals surface area contributed by atoms with E-state index < -0.39 is 5.97 Å². The molecule has 0 amide bonds. The SMILES string of the molecule is CC.O=C(O)CCCSC1=CC(=O)c2[nH]ncc2C1=O. The molecule has 0 aliphatic heterocycles. The monoisotopic (exact) mass is 296 g/mol. The van der Waals surface area contributed by atoms with E-state index in [1.807, 2.05) is 13.8 Å². The second-order valence-electron chi connectivity index (χ2n) is 3.71. The zero-order chi connectivity index (χ0) is 15.1. The quantitative estimate of drug-likeness (QED) is 0.809. The fourth-order valence-corrected chi connectivity index (χ4v) is 2.49. The number of aromatic amines is 1. The van der Waals surface area contributed by atoms with Crippen molar-refractivity contribution in [3.8, 4) is 0 Å². The number of aromatic nitrogens is 2. The van der Waals surface area contributed by atoms with Crippen molar-refractivity contribution in [2.24, 2.45) is 0 Å². The highest BCUT2D eigenvalue weighted by Crippen LogP contribution is 2.27. The van der Waals surface area contributed by atoms with E-state index >= 15 is 0 Å². The summed E-state index contributed by atoms with van der Waals surface area (Å²) in [6.45, 7) is 4.00. The van der Waals surface area contributed by atoms with Crippen molar-refractivity contribution in [1.29, 1.82) is 0 Å². The number of carboxylic acids is 1. The normalized spacial score (nSPS) is 13.2. The molecule has 6 nitrogen and oxygen atoms in total. The van der Waals surface area contributed by atoms with Crippen LogP contribution in [0.3, 0.4) is 0 Å². The molecule has 1 aromatic rings. The minimum atomic E-state index is -0.868. The lowest BCUT2D eigenvalue weighted by atomic mass is 10.0. The average Bonchev–Trinajstić information content (AvgIpc) is 2.92. The Bertz CT molecular complexity index is 548. The van der Waals surface area contributed by atoms with Gasteiger partial charge in [-0.05, 0) is 12.2 Å². The van der Waals surface area contributed by atoms with Crippen LogP contribution in [0.5, 0.6) is 0 Å². The van der Waals surface area contributed by atoms with E-state index in [2.05, 4.69) is 10.2 Å². The first kappa shape index (κ1) is 16.2. The zero-order valence-electron chi connectivity index (χ0n) is 11.3. The van der Waals surface area contributed by atoms with Crippen LogP contribution < -0.4 is 0 Å². The molecule has 0 fully saturated rings. The van der Waals surface area contributed by atoms with Crippen LogP contribution in [-0.4, -0.2) is 38.6 Å². The van der Waals surface area contributed by atoms with Crippen molar-refractivity contribution in [1.82, 2.24) is 10.2 Å². The molecule has 1 aliphatic carbocycles. The molecule has 0 bridgehead atoms. The second kappa shape index (κ2) is 7.64. The molecule has 0 unspecified atom stereocenters. The van der Waals surface area contributed by atoms with Crippen LogP contribution in [0.4, 0.5) is 0 Å².